The quantitative estimate of drug-likeness (QED) is 0.782. The summed E-state index contributed by atoms with van der Waals surface area (Å²) in [6.45, 7) is 2.70. The standard InChI is InChI=1S/C12H17N3O2/c1-8-4-6-15(10(8)7-16)12(17)9-3-2-5-14-11(9)13/h2-3,5,8,10,16H,4,6-7H2,1H3,(H2,13,14). The second kappa shape index (κ2) is 4.71. The van der Waals surface area contributed by atoms with Crippen LogP contribution in [0.3, 0.4) is 0 Å². The molecule has 2 rings (SSSR count). The molecule has 0 radical (unpaired) electrons. The number of nitrogen functional groups attached to an aromatic ring is 1. The minimum atomic E-state index is -0.140. The lowest BCUT2D eigenvalue weighted by Gasteiger charge is -2.25. The molecule has 1 aliphatic heterocycles. The fourth-order valence-electron chi connectivity index (χ4n) is 2.29. The molecule has 1 amide bonds. The van der Waals surface area contributed by atoms with Crippen LogP contribution in [0.1, 0.15) is 23.7 Å². The van der Waals surface area contributed by atoms with Crippen LogP contribution >= 0.6 is 0 Å². The van der Waals surface area contributed by atoms with Crippen LogP contribution in [-0.4, -0.2) is 40.1 Å². The van der Waals surface area contributed by atoms with E-state index in [2.05, 4.69) is 4.98 Å². The predicted octanol–water partition coefficient (Wildman–Crippen LogP) is 0.507. The van der Waals surface area contributed by atoms with Crippen molar-refractivity contribution in [1.29, 1.82) is 0 Å². The molecule has 0 spiro atoms. The van der Waals surface area contributed by atoms with Gasteiger partial charge in [0.15, 0.2) is 0 Å². The molecule has 2 heterocycles. The summed E-state index contributed by atoms with van der Waals surface area (Å²) >= 11 is 0. The number of pyridine rings is 1. The Labute approximate surface area is 100 Å². The summed E-state index contributed by atoms with van der Waals surface area (Å²) in [7, 11) is 0. The summed E-state index contributed by atoms with van der Waals surface area (Å²) < 4.78 is 0. The van der Waals surface area contributed by atoms with Gasteiger partial charge in [-0.2, -0.15) is 0 Å². The summed E-state index contributed by atoms with van der Waals surface area (Å²) in [4.78, 5) is 17.9. The number of carbonyl (C=O) groups is 1. The summed E-state index contributed by atoms with van der Waals surface area (Å²) in [5.41, 5.74) is 6.11. The number of nitrogens with two attached hydrogens (primary N) is 1. The van der Waals surface area contributed by atoms with E-state index in [9.17, 15) is 9.90 Å². The average Bonchev–Trinajstić information content (AvgIpc) is 2.70. The van der Waals surface area contributed by atoms with Crippen LogP contribution in [0.15, 0.2) is 18.3 Å². The van der Waals surface area contributed by atoms with Crippen LogP contribution in [0, 0.1) is 5.92 Å². The molecule has 1 aromatic heterocycles. The number of hydrogen-bond donors (Lipinski definition) is 2. The number of carbonyl (C=O) groups excluding carboxylic acids is 1. The molecule has 0 saturated carbocycles. The normalized spacial score (nSPS) is 24.0. The minimum Gasteiger partial charge on any atom is -0.394 e. The Kier molecular flexibility index (Phi) is 3.28. The van der Waals surface area contributed by atoms with Gasteiger partial charge in [-0.15, -0.1) is 0 Å². The second-order valence-electron chi connectivity index (χ2n) is 4.45. The van der Waals surface area contributed by atoms with E-state index in [4.69, 9.17) is 5.73 Å². The SMILES string of the molecule is CC1CCN(C(=O)c2cccnc2N)C1CO. The first-order chi connectivity index (χ1) is 8.15. The van der Waals surface area contributed by atoms with Crippen molar-refractivity contribution in [3.05, 3.63) is 23.9 Å². The maximum absolute atomic E-state index is 12.3. The predicted molar refractivity (Wildman–Crippen MR) is 64.3 cm³/mol. The molecule has 2 unspecified atom stereocenters. The van der Waals surface area contributed by atoms with Crippen molar-refractivity contribution >= 4 is 11.7 Å². The molecule has 1 fully saturated rings. The van der Waals surface area contributed by atoms with Gasteiger partial charge in [-0.25, -0.2) is 4.98 Å². The second-order valence-corrected chi connectivity index (χ2v) is 4.45. The highest BCUT2D eigenvalue weighted by Gasteiger charge is 2.34. The number of hydrogen-bond acceptors (Lipinski definition) is 4. The van der Waals surface area contributed by atoms with Gasteiger partial charge in [-0.05, 0) is 24.5 Å². The monoisotopic (exact) mass is 235 g/mol. The topological polar surface area (TPSA) is 79.5 Å². The molecule has 92 valence electrons. The minimum absolute atomic E-state index is 0.00687. The van der Waals surface area contributed by atoms with Crippen molar-refractivity contribution in [2.45, 2.75) is 19.4 Å². The van der Waals surface area contributed by atoms with Crippen molar-refractivity contribution < 1.29 is 9.90 Å². The zero-order valence-electron chi connectivity index (χ0n) is 9.84. The van der Waals surface area contributed by atoms with Gasteiger partial charge in [0.25, 0.3) is 5.91 Å². The molecule has 1 aromatic rings. The number of rotatable bonds is 2. The Morgan fingerprint density at radius 1 is 1.71 bits per heavy atom. The molecule has 0 bridgehead atoms. The first-order valence-corrected chi connectivity index (χ1v) is 5.77. The molecular formula is C12H17N3O2. The zero-order chi connectivity index (χ0) is 12.4. The van der Waals surface area contributed by atoms with Crippen molar-refractivity contribution in [2.24, 2.45) is 5.92 Å². The third kappa shape index (κ3) is 2.10. The van der Waals surface area contributed by atoms with E-state index >= 15 is 0 Å². The molecule has 5 nitrogen and oxygen atoms in total. The largest absolute Gasteiger partial charge is 0.394 e. The van der Waals surface area contributed by atoms with Gasteiger partial charge in [0.2, 0.25) is 0 Å². The highest BCUT2D eigenvalue weighted by molar-refractivity contribution is 5.98. The molecule has 17 heavy (non-hydrogen) atoms. The van der Waals surface area contributed by atoms with Crippen LogP contribution in [0.5, 0.6) is 0 Å². The van der Waals surface area contributed by atoms with Gasteiger partial charge >= 0.3 is 0 Å². The van der Waals surface area contributed by atoms with Gasteiger partial charge in [-0.1, -0.05) is 6.92 Å². The van der Waals surface area contributed by atoms with Crippen LogP contribution in [0.2, 0.25) is 0 Å². The highest BCUT2D eigenvalue weighted by Crippen LogP contribution is 2.26. The van der Waals surface area contributed by atoms with E-state index < -0.39 is 0 Å². The molecule has 0 aliphatic carbocycles. The van der Waals surface area contributed by atoms with Crippen molar-refractivity contribution in [1.82, 2.24) is 9.88 Å². The van der Waals surface area contributed by atoms with E-state index in [1.54, 1.807) is 23.2 Å². The van der Waals surface area contributed by atoms with Crippen molar-refractivity contribution in [3.63, 3.8) is 0 Å². The van der Waals surface area contributed by atoms with Gasteiger partial charge in [0.05, 0.1) is 18.2 Å². The lowest BCUT2D eigenvalue weighted by molar-refractivity contribution is 0.0649. The molecule has 2 atom stereocenters. The molecule has 1 aliphatic rings. The maximum atomic E-state index is 12.3. The third-order valence-corrected chi connectivity index (χ3v) is 3.40. The smallest absolute Gasteiger partial charge is 0.257 e. The number of nitrogens with zero attached hydrogens (tertiary/aromatic N) is 2. The lowest BCUT2D eigenvalue weighted by atomic mass is 10.0. The van der Waals surface area contributed by atoms with Gasteiger partial charge in [0, 0.05) is 12.7 Å². The first-order valence-electron chi connectivity index (χ1n) is 5.77. The summed E-state index contributed by atoms with van der Waals surface area (Å²) in [6, 6.07) is 3.25. The Morgan fingerprint density at radius 3 is 3.12 bits per heavy atom. The molecule has 0 aromatic carbocycles. The number of aliphatic hydroxyl groups is 1. The van der Waals surface area contributed by atoms with Gasteiger partial charge < -0.3 is 15.7 Å². The number of aliphatic hydroxyl groups excluding tert-OH is 1. The summed E-state index contributed by atoms with van der Waals surface area (Å²) in [6.07, 6.45) is 2.47. The Bertz CT molecular complexity index is 422. The number of anilines is 1. The average molecular weight is 235 g/mol. The van der Waals surface area contributed by atoms with E-state index in [0.29, 0.717) is 18.0 Å². The van der Waals surface area contributed by atoms with Crippen LogP contribution in [0.4, 0.5) is 5.82 Å². The Morgan fingerprint density at radius 2 is 2.47 bits per heavy atom. The Hall–Kier alpha value is -1.62. The molecule has 1 saturated heterocycles. The molecule has 5 heteroatoms. The molecular weight excluding hydrogens is 218 g/mol. The zero-order valence-corrected chi connectivity index (χ0v) is 9.84. The van der Waals surface area contributed by atoms with E-state index in [1.165, 1.54) is 0 Å². The van der Waals surface area contributed by atoms with Crippen molar-refractivity contribution in [2.75, 3.05) is 18.9 Å². The fourth-order valence-corrected chi connectivity index (χ4v) is 2.29. The number of aromatic nitrogens is 1. The van der Waals surface area contributed by atoms with Gasteiger partial charge in [-0.3, -0.25) is 4.79 Å². The third-order valence-electron chi connectivity index (χ3n) is 3.40. The first kappa shape index (κ1) is 11.9. The van der Waals surface area contributed by atoms with E-state index in [1.807, 2.05) is 6.92 Å². The molecule has 3 N–H and O–H groups in total. The van der Waals surface area contributed by atoms with Crippen LogP contribution < -0.4 is 5.73 Å². The van der Waals surface area contributed by atoms with E-state index in [0.717, 1.165) is 6.42 Å². The van der Waals surface area contributed by atoms with Crippen LogP contribution in [0.25, 0.3) is 0 Å². The summed E-state index contributed by atoms with van der Waals surface area (Å²) in [5.74, 6) is 0.426. The van der Waals surface area contributed by atoms with Crippen LogP contribution in [-0.2, 0) is 0 Å². The Balaban J connectivity index is 2.24. The van der Waals surface area contributed by atoms with E-state index in [-0.39, 0.29) is 24.4 Å². The van der Waals surface area contributed by atoms with Gasteiger partial charge in [0.1, 0.15) is 5.82 Å². The number of likely N-dealkylation sites (tertiary alicyclic amines) is 1. The summed E-state index contributed by atoms with van der Waals surface area (Å²) in [5, 5.41) is 9.33. The maximum Gasteiger partial charge on any atom is 0.257 e. The highest BCUT2D eigenvalue weighted by atomic mass is 16.3. The van der Waals surface area contributed by atoms with Crippen molar-refractivity contribution in [3.8, 4) is 0 Å². The lowest BCUT2D eigenvalue weighted by Crippen LogP contribution is -2.40. The fraction of sp³-hybridized carbons (Fsp3) is 0.500. The number of amides is 1.